The monoisotopic (exact) mass is 191 g/mol. The van der Waals surface area contributed by atoms with Crippen LogP contribution < -0.4 is 6.15 Å². The van der Waals surface area contributed by atoms with Gasteiger partial charge in [0.25, 0.3) is 0 Å². The minimum Gasteiger partial charge on any atom is -0.478 e. The molecule has 74 valence electrons. The molecule has 0 spiro atoms. The van der Waals surface area contributed by atoms with Gasteiger partial charge in [0.1, 0.15) is 0 Å². The van der Waals surface area contributed by atoms with Gasteiger partial charge in [-0.2, -0.15) is 0 Å². The summed E-state index contributed by atoms with van der Waals surface area (Å²) in [5.41, 5.74) is 1.05. The summed E-state index contributed by atoms with van der Waals surface area (Å²) >= 11 is 0. The Labute approximate surface area is 83.0 Å². The van der Waals surface area contributed by atoms with E-state index in [4.69, 9.17) is 5.11 Å². The van der Waals surface area contributed by atoms with E-state index in [-0.39, 0.29) is 6.15 Å². The molecule has 0 saturated carbocycles. The fourth-order valence-corrected chi connectivity index (χ4v) is 0.869. The van der Waals surface area contributed by atoms with E-state index in [1.807, 2.05) is 36.4 Å². The van der Waals surface area contributed by atoms with Crippen molar-refractivity contribution in [3.05, 3.63) is 54.1 Å². The number of hydrogen-bond acceptors (Lipinski definition) is 2. The van der Waals surface area contributed by atoms with Crippen LogP contribution in [0, 0.1) is 0 Å². The SMILES string of the molecule is N.O=C(O)C=CC=Cc1ccccc1. The van der Waals surface area contributed by atoms with Gasteiger partial charge >= 0.3 is 5.97 Å². The van der Waals surface area contributed by atoms with E-state index in [0.29, 0.717) is 0 Å². The van der Waals surface area contributed by atoms with Gasteiger partial charge in [-0.15, -0.1) is 0 Å². The number of hydrogen-bond donors (Lipinski definition) is 2. The molecule has 1 rings (SSSR count). The van der Waals surface area contributed by atoms with Crippen LogP contribution in [0.2, 0.25) is 0 Å². The molecule has 0 saturated heterocycles. The van der Waals surface area contributed by atoms with E-state index >= 15 is 0 Å². The Kier molecular flexibility index (Phi) is 5.74. The van der Waals surface area contributed by atoms with E-state index in [1.165, 1.54) is 6.08 Å². The zero-order valence-corrected chi connectivity index (χ0v) is 7.76. The number of allylic oxidation sites excluding steroid dienone is 2. The molecule has 0 radical (unpaired) electrons. The molecular formula is C11H13NO2. The molecule has 0 amide bonds. The van der Waals surface area contributed by atoms with Gasteiger partial charge in [0.05, 0.1) is 0 Å². The Bertz CT molecular complexity index is 328. The summed E-state index contributed by atoms with van der Waals surface area (Å²) in [7, 11) is 0. The van der Waals surface area contributed by atoms with E-state index in [9.17, 15) is 4.79 Å². The highest BCUT2D eigenvalue weighted by atomic mass is 16.4. The van der Waals surface area contributed by atoms with E-state index in [1.54, 1.807) is 6.08 Å². The molecule has 0 aliphatic heterocycles. The largest absolute Gasteiger partial charge is 0.478 e. The van der Waals surface area contributed by atoms with Gasteiger partial charge in [0.2, 0.25) is 0 Å². The van der Waals surface area contributed by atoms with Crippen LogP contribution in [-0.4, -0.2) is 11.1 Å². The summed E-state index contributed by atoms with van der Waals surface area (Å²) in [6.07, 6.45) is 6.14. The summed E-state index contributed by atoms with van der Waals surface area (Å²) in [6, 6.07) is 9.70. The van der Waals surface area contributed by atoms with Crippen LogP contribution in [0.4, 0.5) is 0 Å². The molecule has 0 aliphatic rings. The van der Waals surface area contributed by atoms with Crippen molar-refractivity contribution in [1.82, 2.24) is 6.15 Å². The Hall–Kier alpha value is -1.87. The van der Waals surface area contributed by atoms with Crippen LogP contribution >= 0.6 is 0 Å². The third-order valence-electron chi connectivity index (χ3n) is 1.44. The first-order valence-electron chi connectivity index (χ1n) is 3.92. The highest BCUT2D eigenvalue weighted by Crippen LogP contribution is 2.00. The second kappa shape index (κ2) is 6.62. The van der Waals surface area contributed by atoms with E-state index < -0.39 is 5.97 Å². The number of benzene rings is 1. The second-order valence-corrected chi connectivity index (χ2v) is 2.47. The number of carboxylic acid groups (broad SMARTS) is 1. The van der Waals surface area contributed by atoms with Crippen LogP contribution in [-0.2, 0) is 4.79 Å². The average Bonchev–Trinajstić information content (AvgIpc) is 2.14. The standard InChI is InChI=1S/C11H10O2.H3N/c12-11(13)9-5-4-8-10-6-2-1-3-7-10;/h1-9H,(H,12,13);1H3. The van der Waals surface area contributed by atoms with Gasteiger partial charge in [0.15, 0.2) is 0 Å². The van der Waals surface area contributed by atoms with Crippen LogP contribution in [0.1, 0.15) is 5.56 Å². The highest BCUT2D eigenvalue weighted by molar-refractivity contribution is 5.80. The average molecular weight is 191 g/mol. The lowest BCUT2D eigenvalue weighted by molar-refractivity contribution is -0.131. The fraction of sp³-hybridized carbons (Fsp3) is 0. The van der Waals surface area contributed by atoms with Crippen molar-refractivity contribution in [1.29, 1.82) is 0 Å². The van der Waals surface area contributed by atoms with Crippen molar-refractivity contribution in [2.75, 3.05) is 0 Å². The predicted molar refractivity (Wildman–Crippen MR) is 57.3 cm³/mol. The molecule has 14 heavy (non-hydrogen) atoms. The molecular weight excluding hydrogens is 178 g/mol. The maximum atomic E-state index is 10.1. The minimum absolute atomic E-state index is 0. The normalized spacial score (nSPS) is 10.3. The van der Waals surface area contributed by atoms with Gasteiger partial charge in [-0.1, -0.05) is 48.6 Å². The topological polar surface area (TPSA) is 72.3 Å². The van der Waals surface area contributed by atoms with Gasteiger partial charge < -0.3 is 11.3 Å². The van der Waals surface area contributed by atoms with Crippen molar-refractivity contribution in [3.8, 4) is 0 Å². The third kappa shape index (κ3) is 4.90. The van der Waals surface area contributed by atoms with Gasteiger partial charge in [-0.25, -0.2) is 4.79 Å². The first kappa shape index (κ1) is 12.1. The smallest absolute Gasteiger partial charge is 0.328 e. The maximum absolute atomic E-state index is 10.1. The molecule has 0 heterocycles. The minimum atomic E-state index is -0.933. The van der Waals surface area contributed by atoms with E-state index in [0.717, 1.165) is 11.6 Å². The lowest BCUT2D eigenvalue weighted by Crippen LogP contribution is -1.84. The lowest BCUT2D eigenvalue weighted by Gasteiger charge is -1.87. The Morgan fingerprint density at radius 2 is 1.79 bits per heavy atom. The Morgan fingerprint density at radius 1 is 1.14 bits per heavy atom. The van der Waals surface area contributed by atoms with Crippen LogP contribution in [0.25, 0.3) is 6.08 Å². The molecule has 0 aliphatic carbocycles. The van der Waals surface area contributed by atoms with Crippen molar-refractivity contribution in [2.45, 2.75) is 0 Å². The molecule has 0 unspecified atom stereocenters. The summed E-state index contributed by atoms with van der Waals surface area (Å²) < 4.78 is 0. The molecule has 0 aromatic heterocycles. The number of carbonyl (C=O) groups is 1. The fourth-order valence-electron chi connectivity index (χ4n) is 0.869. The third-order valence-corrected chi connectivity index (χ3v) is 1.44. The number of carboxylic acids is 1. The zero-order chi connectivity index (χ0) is 9.52. The van der Waals surface area contributed by atoms with Crippen molar-refractivity contribution in [3.63, 3.8) is 0 Å². The van der Waals surface area contributed by atoms with Crippen molar-refractivity contribution >= 4 is 12.0 Å². The summed E-state index contributed by atoms with van der Waals surface area (Å²) in [4.78, 5) is 10.1. The number of aliphatic carboxylic acids is 1. The Morgan fingerprint density at radius 3 is 2.36 bits per heavy atom. The molecule has 1 aromatic rings. The van der Waals surface area contributed by atoms with E-state index in [2.05, 4.69) is 0 Å². The molecule has 4 N–H and O–H groups in total. The van der Waals surface area contributed by atoms with Gasteiger partial charge in [0, 0.05) is 6.08 Å². The van der Waals surface area contributed by atoms with Crippen LogP contribution in [0.15, 0.2) is 48.6 Å². The molecule has 3 heteroatoms. The quantitative estimate of drug-likeness (QED) is 0.569. The molecule has 0 fully saturated rings. The van der Waals surface area contributed by atoms with Crippen molar-refractivity contribution < 1.29 is 9.90 Å². The zero-order valence-electron chi connectivity index (χ0n) is 7.76. The number of rotatable bonds is 3. The second-order valence-electron chi connectivity index (χ2n) is 2.47. The van der Waals surface area contributed by atoms with Gasteiger partial charge in [-0.05, 0) is 5.56 Å². The van der Waals surface area contributed by atoms with Crippen LogP contribution in [0.5, 0.6) is 0 Å². The summed E-state index contributed by atoms with van der Waals surface area (Å²) in [5, 5.41) is 8.29. The maximum Gasteiger partial charge on any atom is 0.328 e. The lowest BCUT2D eigenvalue weighted by atomic mass is 10.2. The Balaban J connectivity index is 0.00000169. The molecule has 1 aromatic carbocycles. The van der Waals surface area contributed by atoms with Gasteiger partial charge in [-0.3, -0.25) is 0 Å². The predicted octanol–water partition coefficient (Wildman–Crippen LogP) is 2.50. The summed E-state index contributed by atoms with van der Waals surface area (Å²) in [5.74, 6) is -0.933. The molecule has 3 nitrogen and oxygen atoms in total. The molecule has 0 bridgehead atoms. The summed E-state index contributed by atoms with van der Waals surface area (Å²) in [6.45, 7) is 0. The van der Waals surface area contributed by atoms with Crippen molar-refractivity contribution in [2.24, 2.45) is 0 Å². The highest BCUT2D eigenvalue weighted by Gasteiger charge is 1.82. The van der Waals surface area contributed by atoms with Crippen LogP contribution in [0.3, 0.4) is 0 Å². The first-order chi connectivity index (χ1) is 6.29. The first-order valence-corrected chi connectivity index (χ1v) is 3.92. The molecule has 0 atom stereocenters.